The van der Waals surface area contributed by atoms with E-state index in [1.54, 1.807) is 4.68 Å². The van der Waals surface area contributed by atoms with Crippen molar-refractivity contribution >= 4 is 27.8 Å². The Labute approximate surface area is 175 Å². The van der Waals surface area contributed by atoms with Crippen molar-refractivity contribution in [1.82, 2.24) is 29.5 Å². The van der Waals surface area contributed by atoms with Crippen LogP contribution in [-0.4, -0.2) is 40.6 Å². The summed E-state index contributed by atoms with van der Waals surface area (Å²) in [4.78, 5) is 30.8. The fraction of sp³-hybridized carbons (Fsp3) is 0.136. The molecule has 5 aromatic rings. The number of hydrogen-bond donors (Lipinski definition) is 2. The van der Waals surface area contributed by atoms with E-state index in [4.69, 9.17) is 5.11 Å². The van der Waals surface area contributed by atoms with Crippen LogP contribution in [0.25, 0.3) is 27.8 Å². The topological polar surface area (TPSA) is 119 Å². The number of H-pyrrole nitrogens is 1. The summed E-state index contributed by atoms with van der Waals surface area (Å²) in [6, 6.07) is 12.5. The van der Waals surface area contributed by atoms with Crippen molar-refractivity contribution in [2.75, 3.05) is 0 Å². The minimum atomic E-state index is -1.11. The van der Waals surface area contributed by atoms with Crippen LogP contribution in [0.1, 0.15) is 21.5 Å². The molecule has 2 aromatic carbocycles. The summed E-state index contributed by atoms with van der Waals surface area (Å²) in [7, 11) is 0. The SMILES string of the molecule is Cc1c(CCn2ncc3nc(-n4cc(C(=O)O)cn4)[nH]c(=O)c32)ccc2ccccc12. The molecule has 0 atom stereocenters. The number of aryl methyl sites for hydroxylation is 3. The Hall–Kier alpha value is -4.27. The van der Waals surface area contributed by atoms with E-state index in [-0.39, 0.29) is 17.1 Å². The fourth-order valence-corrected chi connectivity index (χ4v) is 3.79. The minimum Gasteiger partial charge on any atom is -0.478 e. The number of aromatic nitrogens is 6. The van der Waals surface area contributed by atoms with E-state index in [1.165, 1.54) is 45.2 Å². The van der Waals surface area contributed by atoms with Gasteiger partial charge in [-0.1, -0.05) is 36.4 Å². The average molecular weight is 414 g/mol. The number of nitrogens with zero attached hydrogens (tertiary/aromatic N) is 5. The second-order valence-corrected chi connectivity index (χ2v) is 7.29. The van der Waals surface area contributed by atoms with Crippen LogP contribution in [0.4, 0.5) is 0 Å². The van der Waals surface area contributed by atoms with Crippen LogP contribution in [0.5, 0.6) is 0 Å². The predicted molar refractivity (Wildman–Crippen MR) is 115 cm³/mol. The van der Waals surface area contributed by atoms with Gasteiger partial charge in [0, 0.05) is 12.7 Å². The molecule has 9 heteroatoms. The van der Waals surface area contributed by atoms with Gasteiger partial charge in [0.15, 0.2) is 5.52 Å². The summed E-state index contributed by atoms with van der Waals surface area (Å²) >= 11 is 0. The van der Waals surface area contributed by atoms with Gasteiger partial charge >= 0.3 is 5.97 Å². The van der Waals surface area contributed by atoms with Crippen molar-refractivity contribution in [3.05, 3.63) is 82.0 Å². The molecule has 2 N–H and O–H groups in total. The molecule has 0 fully saturated rings. The number of aromatic amines is 1. The Balaban J connectivity index is 1.45. The number of carboxylic acid groups (broad SMARTS) is 1. The molecule has 0 spiro atoms. The lowest BCUT2D eigenvalue weighted by atomic mass is 9.98. The number of nitrogens with one attached hydrogen (secondary N) is 1. The summed E-state index contributed by atoms with van der Waals surface area (Å²) in [5.41, 5.74) is 2.84. The van der Waals surface area contributed by atoms with Gasteiger partial charge in [-0.25, -0.2) is 14.5 Å². The molecule has 154 valence electrons. The number of benzene rings is 2. The number of hydrogen-bond acceptors (Lipinski definition) is 5. The number of aromatic carboxylic acids is 1. The molecular formula is C22H18N6O3. The monoisotopic (exact) mass is 414 g/mol. The van der Waals surface area contributed by atoms with Gasteiger partial charge in [-0.15, -0.1) is 0 Å². The first-order valence-electron chi connectivity index (χ1n) is 9.72. The normalized spacial score (nSPS) is 11.4. The molecule has 0 amide bonds. The van der Waals surface area contributed by atoms with Gasteiger partial charge < -0.3 is 5.11 Å². The van der Waals surface area contributed by atoms with Gasteiger partial charge in [-0.2, -0.15) is 10.2 Å². The molecule has 0 bridgehead atoms. The highest BCUT2D eigenvalue weighted by Gasteiger charge is 2.14. The zero-order valence-corrected chi connectivity index (χ0v) is 16.6. The maximum atomic E-state index is 12.7. The Bertz CT molecular complexity index is 1510. The van der Waals surface area contributed by atoms with Crippen molar-refractivity contribution in [2.24, 2.45) is 0 Å². The van der Waals surface area contributed by atoms with E-state index in [9.17, 15) is 9.59 Å². The number of carboxylic acids is 1. The molecular weight excluding hydrogens is 396 g/mol. The van der Waals surface area contributed by atoms with Crippen molar-refractivity contribution in [3.8, 4) is 5.95 Å². The second-order valence-electron chi connectivity index (χ2n) is 7.29. The summed E-state index contributed by atoms with van der Waals surface area (Å²) in [5, 5.41) is 19.8. The molecule has 0 aliphatic carbocycles. The lowest BCUT2D eigenvalue weighted by Crippen LogP contribution is -2.17. The molecule has 0 radical (unpaired) electrons. The predicted octanol–water partition coefficient (Wildman–Crippen LogP) is 2.71. The first kappa shape index (κ1) is 18.7. The lowest BCUT2D eigenvalue weighted by Gasteiger charge is -2.10. The van der Waals surface area contributed by atoms with Gasteiger partial charge in [0.25, 0.3) is 5.56 Å². The van der Waals surface area contributed by atoms with Gasteiger partial charge in [-0.05, 0) is 35.2 Å². The van der Waals surface area contributed by atoms with Gasteiger partial charge in [-0.3, -0.25) is 14.5 Å². The fourth-order valence-electron chi connectivity index (χ4n) is 3.79. The lowest BCUT2D eigenvalue weighted by molar-refractivity contribution is 0.0697. The highest BCUT2D eigenvalue weighted by atomic mass is 16.4. The van der Waals surface area contributed by atoms with Crippen LogP contribution in [0.2, 0.25) is 0 Å². The summed E-state index contributed by atoms with van der Waals surface area (Å²) in [6.45, 7) is 2.63. The molecule has 3 heterocycles. The number of rotatable bonds is 5. The highest BCUT2D eigenvalue weighted by Crippen LogP contribution is 2.22. The third-order valence-electron chi connectivity index (χ3n) is 5.44. The largest absolute Gasteiger partial charge is 0.478 e. The van der Waals surface area contributed by atoms with E-state index < -0.39 is 5.97 Å². The van der Waals surface area contributed by atoms with Crippen LogP contribution in [0.3, 0.4) is 0 Å². The minimum absolute atomic E-state index is 0.00389. The van der Waals surface area contributed by atoms with E-state index in [0.29, 0.717) is 17.6 Å². The van der Waals surface area contributed by atoms with Crippen molar-refractivity contribution in [2.45, 2.75) is 19.9 Å². The van der Waals surface area contributed by atoms with Crippen LogP contribution in [-0.2, 0) is 13.0 Å². The smallest absolute Gasteiger partial charge is 0.338 e. The first-order valence-corrected chi connectivity index (χ1v) is 9.72. The Morgan fingerprint density at radius 1 is 1.13 bits per heavy atom. The Morgan fingerprint density at radius 2 is 1.97 bits per heavy atom. The van der Waals surface area contributed by atoms with E-state index in [1.807, 2.05) is 12.1 Å². The molecule has 3 aromatic heterocycles. The van der Waals surface area contributed by atoms with E-state index in [2.05, 4.69) is 51.4 Å². The van der Waals surface area contributed by atoms with Crippen molar-refractivity contribution < 1.29 is 9.90 Å². The molecule has 0 saturated carbocycles. The molecule has 0 aliphatic heterocycles. The Morgan fingerprint density at radius 3 is 2.77 bits per heavy atom. The standard InChI is InChI=1S/C22H18N6O3/c1-13-14(6-7-15-4-2-3-5-17(13)15)8-9-27-19-18(11-24-27)25-22(26-20(19)29)28-12-16(10-23-28)21(30)31/h2-7,10-12H,8-9H2,1H3,(H,30,31)(H,25,26,29). The van der Waals surface area contributed by atoms with Gasteiger partial charge in [0.05, 0.1) is 18.0 Å². The molecule has 5 rings (SSSR count). The zero-order valence-electron chi connectivity index (χ0n) is 16.6. The maximum absolute atomic E-state index is 12.7. The van der Waals surface area contributed by atoms with Crippen molar-refractivity contribution in [3.63, 3.8) is 0 Å². The zero-order chi connectivity index (χ0) is 21.5. The summed E-state index contributed by atoms with van der Waals surface area (Å²) in [6.07, 6.45) is 4.74. The van der Waals surface area contributed by atoms with Crippen LogP contribution in [0.15, 0.2) is 59.8 Å². The average Bonchev–Trinajstić information content (AvgIpc) is 3.41. The maximum Gasteiger partial charge on any atom is 0.338 e. The third-order valence-corrected chi connectivity index (χ3v) is 5.44. The number of carbonyl (C=O) groups is 1. The molecule has 0 saturated heterocycles. The van der Waals surface area contributed by atoms with E-state index in [0.717, 1.165) is 6.42 Å². The highest BCUT2D eigenvalue weighted by molar-refractivity contribution is 5.87. The van der Waals surface area contributed by atoms with Crippen LogP contribution >= 0.6 is 0 Å². The molecule has 0 aliphatic rings. The Kier molecular flexibility index (Phi) is 4.36. The molecule has 9 nitrogen and oxygen atoms in total. The summed E-state index contributed by atoms with van der Waals surface area (Å²) in [5.74, 6) is -0.971. The van der Waals surface area contributed by atoms with Crippen LogP contribution in [0, 0.1) is 6.92 Å². The second kappa shape index (κ2) is 7.21. The molecule has 31 heavy (non-hydrogen) atoms. The third kappa shape index (κ3) is 3.25. The van der Waals surface area contributed by atoms with Gasteiger partial charge in [0.2, 0.25) is 5.95 Å². The van der Waals surface area contributed by atoms with E-state index >= 15 is 0 Å². The van der Waals surface area contributed by atoms with Gasteiger partial charge in [0.1, 0.15) is 5.52 Å². The first-order chi connectivity index (χ1) is 15.0. The number of fused-ring (bicyclic) bond motifs is 2. The molecule has 0 unspecified atom stereocenters. The quantitative estimate of drug-likeness (QED) is 0.456. The summed E-state index contributed by atoms with van der Waals surface area (Å²) < 4.78 is 2.87. The van der Waals surface area contributed by atoms with Crippen LogP contribution < -0.4 is 5.56 Å². The van der Waals surface area contributed by atoms with Crippen molar-refractivity contribution in [1.29, 1.82) is 0 Å².